The molecule has 0 amide bonds. The highest BCUT2D eigenvalue weighted by molar-refractivity contribution is 6.27. The molecule has 0 saturated heterocycles. The predicted octanol–water partition coefficient (Wildman–Crippen LogP) is 0.380. The smallest absolute Gasteiger partial charge is 0.303 e. The minimum atomic E-state index is -0.847. The van der Waals surface area contributed by atoms with Gasteiger partial charge < -0.3 is 16.2 Å². The average Bonchev–Trinajstić information content (AvgIpc) is 2.11. The highest BCUT2D eigenvalue weighted by atomic mass is 35.5. The van der Waals surface area contributed by atoms with E-state index in [0.717, 1.165) is 12.8 Å². The fourth-order valence-electron chi connectivity index (χ4n) is 1.13. The number of carbonyl (C=O) groups is 1. The van der Waals surface area contributed by atoms with E-state index in [1.54, 1.807) is 7.85 Å². The highest BCUT2D eigenvalue weighted by Gasteiger charge is 2.32. The van der Waals surface area contributed by atoms with Crippen LogP contribution in [0.3, 0.4) is 0 Å². The first-order chi connectivity index (χ1) is 6.42. The predicted molar refractivity (Wildman–Crippen MR) is 72.8 cm³/mol. The van der Waals surface area contributed by atoms with E-state index in [-0.39, 0.29) is 37.3 Å². The molecule has 0 aromatic heterocycles. The van der Waals surface area contributed by atoms with E-state index in [1.807, 2.05) is 6.92 Å². The molecular weight excluding hydrogens is 252 g/mol. The average molecular weight is 272 g/mol. The van der Waals surface area contributed by atoms with Crippen molar-refractivity contribution in [3.8, 4) is 0 Å². The first-order valence-corrected chi connectivity index (χ1v) is 4.73. The lowest BCUT2D eigenvalue weighted by Gasteiger charge is -2.25. The first-order valence-electron chi connectivity index (χ1n) is 4.73. The molecule has 0 bridgehead atoms. The van der Waals surface area contributed by atoms with Crippen LogP contribution in [0.15, 0.2) is 0 Å². The number of aliphatic carboxylic acids is 1. The second-order valence-corrected chi connectivity index (χ2v) is 3.74. The van der Waals surface area contributed by atoms with Gasteiger partial charge in [0.1, 0.15) is 7.85 Å². The molecule has 1 atom stereocenters. The molecule has 0 radical (unpaired) electrons. The number of carboxylic acid groups (broad SMARTS) is 1. The lowest BCUT2D eigenvalue weighted by molar-refractivity contribution is -0.140. The third-order valence-corrected chi connectivity index (χ3v) is 2.27. The van der Waals surface area contributed by atoms with Gasteiger partial charge in [0.05, 0.1) is 5.31 Å². The van der Waals surface area contributed by atoms with Crippen LogP contribution in [0.25, 0.3) is 0 Å². The van der Waals surface area contributed by atoms with Crippen molar-refractivity contribution in [1.82, 2.24) is 5.32 Å². The number of hydrogen-bond donors (Lipinski definition) is 4. The molecule has 0 aromatic carbocycles. The van der Waals surface area contributed by atoms with Crippen molar-refractivity contribution in [3.63, 3.8) is 0 Å². The van der Waals surface area contributed by atoms with Gasteiger partial charge in [0.15, 0.2) is 5.96 Å². The molecule has 1 unspecified atom stereocenters. The zero-order valence-electron chi connectivity index (χ0n) is 9.58. The summed E-state index contributed by atoms with van der Waals surface area (Å²) < 4.78 is 0. The zero-order chi connectivity index (χ0) is 11.2. The summed E-state index contributed by atoms with van der Waals surface area (Å²) in [5, 5.41) is 17.7. The maximum Gasteiger partial charge on any atom is 0.303 e. The lowest BCUT2D eigenvalue weighted by atomic mass is 9.65. The maximum absolute atomic E-state index is 11.0. The van der Waals surface area contributed by atoms with E-state index < -0.39 is 11.3 Å². The number of rotatable bonds is 6. The number of hydrogen-bond acceptors (Lipinski definition) is 2. The van der Waals surface area contributed by atoms with Gasteiger partial charge in [-0.3, -0.25) is 10.2 Å². The van der Waals surface area contributed by atoms with E-state index in [1.165, 1.54) is 0 Å². The van der Waals surface area contributed by atoms with Crippen LogP contribution in [0, 0.1) is 5.41 Å². The Morgan fingerprint density at radius 3 is 2.38 bits per heavy atom. The SMILES string of the molecule is BC(CCCC)(CNC(=N)N)C(=O)O.Cl.Cl. The van der Waals surface area contributed by atoms with Gasteiger partial charge in [-0.15, -0.1) is 24.8 Å². The summed E-state index contributed by atoms with van der Waals surface area (Å²) in [7, 11) is 1.67. The van der Waals surface area contributed by atoms with Crippen LogP contribution >= 0.6 is 24.8 Å². The molecule has 0 aliphatic carbocycles. The van der Waals surface area contributed by atoms with Gasteiger partial charge in [0, 0.05) is 6.54 Å². The first kappa shape index (κ1) is 20.8. The summed E-state index contributed by atoms with van der Waals surface area (Å²) in [5.74, 6) is -1.03. The number of carboxylic acids is 1. The second kappa shape index (κ2) is 9.60. The zero-order valence-corrected chi connectivity index (χ0v) is 11.2. The molecule has 0 aliphatic heterocycles. The van der Waals surface area contributed by atoms with Crippen molar-refractivity contribution in [1.29, 1.82) is 5.41 Å². The number of unbranched alkanes of at least 4 members (excludes halogenated alkanes) is 1. The number of nitrogens with two attached hydrogens (primary N) is 1. The largest absolute Gasteiger partial charge is 0.481 e. The highest BCUT2D eigenvalue weighted by Crippen LogP contribution is 2.27. The van der Waals surface area contributed by atoms with Crippen LogP contribution in [-0.4, -0.2) is 31.4 Å². The number of halogens is 2. The quantitative estimate of drug-likeness (QED) is 0.319. The van der Waals surface area contributed by atoms with Gasteiger partial charge in [-0.25, -0.2) is 0 Å². The summed E-state index contributed by atoms with van der Waals surface area (Å²) in [6.07, 6.45) is 2.42. The number of nitrogens with one attached hydrogen (secondary N) is 2. The van der Waals surface area contributed by atoms with Gasteiger partial charge in [-0.1, -0.05) is 19.8 Å². The van der Waals surface area contributed by atoms with Crippen LogP contribution < -0.4 is 11.1 Å². The molecule has 0 fully saturated rings. The van der Waals surface area contributed by atoms with Crippen LogP contribution in [0.4, 0.5) is 0 Å². The van der Waals surface area contributed by atoms with Gasteiger partial charge in [0.2, 0.25) is 0 Å². The number of guanidine groups is 1. The molecular formula is C8H20BCl2N3O2. The van der Waals surface area contributed by atoms with Gasteiger partial charge in [-0.2, -0.15) is 0 Å². The van der Waals surface area contributed by atoms with Crippen molar-refractivity contribution < 1.29 is 9.90 Å². The molecule has 0 heterocycles. The molecule has 5 N–H and O–H groups in total. The Bertz CT molecular complexity index is 231. The maximum atomic E-state index is 11.0. The molecule has 96 valence electrons. The van der Waals surface area contributed by atoms with Gasteiger partial charge in [-0.05, 0) is 6.42 Å². The Hall–Kier alpha value is -0.615. The second-order valence-electron chi connectivity index (χ2n) is 3.74. The molecule has 0 saturated carbocycles. The third kappa shape index (κ3) is 7.65. The van der Waals surface area contributed by atoms with Crippen molar-refractivity contribution in [2.45, 2.75) is 31.5 Å². The standard InChI is InChI=1S/C8H18BN3O2.2ClH/c1-2-3-4-8(9,6(13)14)5-12-7(10)11;;/h2-5,9H2,1H3,(H,13,14)(H4,10,11,12);2*1H. The fourth-order valence-corrected chi connectivity index (χ4v) is 1.13. The van der Waals surface area contributed by atoms with Crippen molar-refractivity contribution >= 4 is 44.6 Å². The Morgan fingerprint density at radius 1 is 1.56 bits per heavy atom. The molecule has 0 aliphatic rings. The third-order valence-electron chi connectivity index (χ3n) is 2.27. The monoisotopic (exact) mass is 271 g/mol. The van der Waals surface area contributed by atoms with Gasteiger partial charge >= 0.3 is 5.97 Å². The van der Waals surface area contributed by atoms with Crippen molar-refractivity contribution in [3.05, 3.63) is 0 Å². The van der Waals surface area contributed by atoms with Crippen LogP contribution in [0.1, 0.15) is 26.2 Å². The van der Waals surface area contributed by atoms with E-state index in [9.17, 15) is 4.79 Å². The Labute approximate surface area is 109 Å². The molecule has 5 nitrogen and oxygen atoms in total. The van der Waals surface area contributed by atoms with E-state index in [2.05, 4.69) is 5.32 Å². The van der Waals surface area contributed by atoms with E-state index in [0.29, 0.717) is 6.42 Å². The van der Waals surface area contributed by atoms with Crippen LogP contribution in [-0.2, 0) is 4.79 Å². The minimum absolute atomic E-state index is 0. The Morgan fingerprint density at radius 2 is 2.06 bits per heavy atom. The topological polar surface area (TPSA) is 99.2 Å². The lowest BCUT2D eigenvalue weighted by Crippen LogP contribution is -2.41. The molecule has 0 rings (SSSR count). The summed E-state index contributed by atoms with van der Waals surface area (Å²) in [4.78, 5) is 11.0. The van der Waals surface area contributed by atoms with Crippen LogP contribution in [0.2, 0.25) is 5.31 Å². The van der Waals surface area contributed by atoms with E-state index in [4.69, 9.17) is 16.2 Å². The fraction of sp³-hybridized carbons (Fsp3) is 0.750. The van der Waals surface area contributed by atoms with Gasteiger partial charge in [0.25, 0.3) is 0 Å². The van der Waals surface area contributed by atoms with E-state index >= 15 is 0 Å². The van der Waals surface area contributed by atoms with Crippen LogP contribution in [0.5, 0.6) is 0 Å². The van der Waals surface area contributed by atoms with Crippen molar-refractivity contribution in [2.24, 2.45) is 5.73 Å². The molecule has 8 heteroatoms. The Kier molecular flexibility index (Phi) is 12.5. The van der Waals surface area contributed by atoms with Crippen molar-refractivity contribution in [2.75, 3.05) is 6.54 Å². The summed E-state index contributed by atoms with van der Waals surface area (Å²) in [5.41, 5.74) is 5.11. The molecule has 0 spiro atoms. The summed E-state index contributed by atoms with van der Waals surface area (Å²) in [6.45, 7) is 2.22. The minimum Gasteiger partial charge on any atom is -0.481 e. The Balaban J connectivity index is -0.000000845. The molecule has 0 aromatic rings. The summed E-state index contributed by atoms with van der Waals surface area (Å²) >= 11 is 0. The molecule has 16 heavy (non-hydrogen) atoms. The normalized spacial score (nSPS) is 12.6. The summed E-state index contributed by atoms with van der Waals surface area (Å²) in [6, 6.07) is 0.